The smallest absolute Gasteiger partial charge is 0.317 e. The summed E-state index contributed by atoms with van der Waals surface area (Å²) in [6.07, 6.45) is 4.93. The fourth-order valence-electron chi connectivity index (χ4n) is 3.62. The molecule has 1 amide bonds. The SMILES string of the molecule is C[C@H](OC(=O)CSc1ccc2ccccc2c1)C(=O)N(C)C1CCCCC1. The predicted molar refractivity (Wildman–Crippen MR) is 110 cm³/mol. The summed E-state index contributed by atoms with van der Waals surface area (Å²) in [5, 5.41) is 2.32. The fraction of sp³-hybridized carbons (Fsp3) is 0.455. The number of esters is 1. The molecular formula is C22H27NO3S. The molecule has 0 unspecified atom stereocenters. The summed E-state index contributed by atoms with van der Waals surface area (Å²) in [6.45, 7) is 1.67. The molecule has 1 aliphatic rings. The minimum atomic E-state index is -0.735. The molecule has 1 atom stereocenters. The van der Waals surface area contributed by atoms with Crippen LogP contribution in [0.3, 0.4) is 0 Å². The van der Waals surface area contributed by atoms with Gasteiger partial charge in [0.05, 0.1) is 5.75 Å². The molecule has 0 saturated heterocycles. The number of carbonyl (C=O) groups excluding carboxylic acids is 2. The van der Waals surface area contributed by atoms with Gasteiger partial charge in [0.15, 0.2) is 6.10 Å². The molecule has 3 rings (SSSR count). The second-order valence-corrected chi connectivity index (χ2v) is 8.22. The quantitative estimate of drug-likeness (QED) is 0.536. The molecule has 0 bridgehead atoms. The normalized spacial score (nSPS) is 16.1. The van der Waals surface area contributed by atoms with Crippen molar-refractivity contribution in [3.63, 3.8) is 0 Å². The van der Waals surface area contributed by atoms with E-state index in [1.165, 1.54) is 36.4 Å². The second-order valence-electron chi connectivity index (χ2n) is 7.17. The van der Waals surface area contributed by atoms with Crippen LogP contribution in [-0.4, -0.2) is 41.7 Å². The molecule has 0 aromatic heterocycles. The van der Waals surface area contributed by atoms with Crippen LogP contribution in [0.5, 0.6) is 0 Å². The van der Waals surface area contributed by atoms with Crippen LogP contribution in [0.25, 0.3) is 10.8 Å². The van der Waals surface area contributed by atoms with Crippen LogP contribution < -0.4 is 0 Å². The number of thioether (sulfide) groups is 1. The summed E-state index contributed by atoms with van der Waals surface area (Å²) in [7, 11) is 1.83. The molecular weight excluding hydrogens is 358 g/mol. The molecule has 27 heavy (non-hydrogen) atoms. The minimum absolute atomic E-state index is 0.106. The Morgan fingerprint density at radius 2 is 1.81 bits per heavy atom. The van der Waals surface area contributed by atoms with E-state index in [2.05, 4.69) is 18.2 Å². The maximum absolute atomic E-state index is 12.5. The van der Waals surface area contributed by atoms with E-state index in [-0.39, 0.29) is 23.7 Å². The van der Waals surface area contributed by atoms with Gasteiger partial charge in [-0.25, -0.2) is 0 Å². The van der Waals surface area contributed by atoms with Crippen LogP contribution in [0.1, 0.15) is 39.0 Å². The average Bonchev–Trinajstić information content (AvgIpc) is 2.71. The highest BCUT2D eigenvalue weighted by molar-refractivity contribution is 8.00. The third-order valence-electron chi connectivity index (χ3n) is 5.20. The molecule has 0 aliphatic heterocycles. The fourth-order valence-corrected chi connectivity index (χ4v) is 4.34. The van der Waals surface area contributed by atoms with E-state index in [4.69, 9.17) is 4.74 Å². The number of nitrogens with zero attached hydrogens (tertiary/aromatic N) is 1. The molecule has 1 aliphatic carbocycles. The van der Waals surface area contributed by atoms with Gasteiger partial charge < -0.3 is 9.64 Å². The number of hydrogen-bond donors (Lipinski definition) is 0. The van der Waals surface area contributed by atoms with Gasteiger partial charge in [0.25, 0.3) is 5.91 Å². The van der Waals surface area contributed by atoms with Crippen LogP contribution in [0, 0.1) is 0 Å². The summed E-state index contributed by atoms with van der Waals surface area (Å²) >= 11 is 1.43. The van der Waals surface area contributed by atoms with Crippen molar-refractivity contribution in [2.24, 2.45) is 0 Å². The topological polar surface area (TPSA) is 46.6 Å². The highest BCUT2D eigenvalue weighted by atomic mass is 32.2. The zero-order valence-corrected chi connectivity index (χ0v) is 16.8. The first-order chi connectivity index (χ1) is 13.0. The van der Waals surface area contributed by atoms with E-state index >= 15 is 0 Å². The monoisotopic (exact) mass is 385 g/mol. The summed E-state index contributed by atoms with van der Waals surface area (Å²) in [4.78, 5) is 27.5. The van der Waals surface area contributed by atoms with Gasteiger partial charge in [-0.1, -0.05) is 49.6 Å². The first-order valence-corrected chi connectivity index (χ1v) is 10.6. The second kappa shape index (κ2) is 9.27. The van der Waals surface area contributed by atoms with Crippen LogP contribution in [0.4, 0.5) is 0 Å². The maximum atomic E-state index is 12.5. The number of rotatable bonds is 6. The number of likely N-dealkylation sites (N-methyl/N-ethyl adjacent to an activating group) is 1. The van der Waals surface area contributed by atoms with E-state index in [1.807, 2.05) is 31.3 Å². The third-order valence-corrected chi connectivity index (χ3v) is 6.17. The number of carbonyl (C=O) groups is 2. The zero-order valence-electron chi connectivity index (χ0n) is 16.0. The number of amides is 1. The Morgan fingerprint density at radius 1 is 1.11 bits per heavy atom. The molecule has 0 heterocycles. The van der Waals surface area contributed by atoms with E-state index in [1.54, 1.807) is 11.8 Å². The van der Waals surface area contributed by atoms with Crippen molar-refractivity contribution in [3.05, 3.63) is 42.5 Å². The molecule has 144 valence electrons. The predicted octanol–water partition coefficient (Wildman–Crippen LogP) is 4.65. The van der Waals surface area contributed by atoms with Gasteiger partial charge in [-0.2, -0.15) is 0 Å². The number of ether oxygens (including phenoxy) is 1. The molecule has 2 aromatic carbocycles. The Balaban J connectivity index is 1.49. The van der Waals surface area contributed by atoms with Gasteiger partial charge in [-0.05, 0) is 42.7 Å². The van der Waals surface area contributed by atoms with Crippen molar-refractivity contribution < 1.29 is 14.3 Å². The van der Waals surface area contributed by atoms with Gasteiger partial charge in [-0.3, -0.25) is 9.59 Å². The third kappa shape index (κ3) is 5.25. The Labute approximate surface area is 165 Å². The first-order valence-electron chi connectivity index (χ1n) is 9.62. The van der Waals surface area contributed by atoms with Gasteiger partial charge in [-0.15, -0.1) is 11.8 Å². The van der Waals surface area contributed by atoms with E-state index in [9.17, 15) is 9.59 Å². The number of benzene rings is 2. The lowest BCUT2D eigenvalue weighted by molar-refractivity contribution is -0.157. The van der Waals surface area contributed by atoms with E-state index in [0.717, 1.165) is 23.1 Å². The molecule has 0 N–H and O–H groups in total. The Morgan fingerprint density at radius 3 is 2.56 bits per heavy atom. The molecule has 2 aromatic rings. The minimum Gasteiger partial charge on any atom is -0.452 e. The van der Waals surface area contributed by atoms with Crippen molar-refractivity contribution in [1.82, 2.24) is 4.90 Å². The van der Waals surface area contributed by atoms with Crippen molar-refractivity contribution in [1.29, 1.82) is 0 Å². The largest absolute Gasteiger partial charge is 0.452 e. The maximum Gasteiger partial charge on any atom is 0.317 e. The van der Waals surface area contributed by atoms with Crippen molar-refractivity contribution in [2.75, 3.05) is 12.8 Å². The molecule has 0 spiro atoms. The highest BCUT2D eigenvalue weighted by Gasteiger charge is 2.27. The summed E-state index contributed by atoms with van der Waals surface area (Å²) in [6, 6.07) is 14.5. The Bertz CT molecular complexity index is 801. The van der Waals surface area contributed by atoms with E-state index < -0.39 is 6.10 Å². The summed E-state index contributed by atoms with van der Waals surface area (Å²) < 4.78 is 5.38. The van der Waals surface area contributed by atoms with E-state index in [0.29, 0.717) is 0 Å². The lowest BCUT2D eigenvalue weighted by Gasteiger charge is -2.32. The van der Waals surface area contributed by atoms with Gasteiger partial charge in [0.2, 0.25) is 0 Å². The van der Waals surface area contributed by atoms with Crippen LogP contribution in [-0.2, 0) is 14.3 Å². The molecule has 5 heteroatoms. The highest BCUT2D eigenvalue weighted by Crippen LogP contribution is 2.24. The lowest BCUT2D eigenvalue weighted by Crippen LogP contribution is -2.44. The van der Waals surface area contributed by atoms with Gasteiger partial charge in [0.1, 0.15) is 0 Å². The summed E-state index contributed by atoms with van der Waals surface area (Å²) in [5.41, 5.74) is 0. The molecule has 0 radical (unpaired) electrons. The zero-order chi connectivity index (χ0) is 19.2. The van der Waals surface area contributed by atoms with Gasteiger partial charge in [0, 0.05) is 18.0 Å². The van der Waals surface area contributed by atoms with Gasteiger partial charge >= 0.3 is 5.97 Å². The average molecular weight is 386 g/mol. The molecule has 4 nitrogen and oxygen atoms in total. The molecule has 1 fully saturated rings. The van der Waals surface area contributed by atoms with Crippen LogP contribution in [0.2, 0.25) is 0 Å². The number of fused-ring (bicyclic) bond motifs is 1. The summed E-state index contributed by atoms with van der Waals surface area (Å²) in [5.74, 6) is -0.264. The standard InChI is InChI=1S/C22H27NO3S/c1-16(22(25)23(2)19-10-4-3-5-11-19)26-21(24)15-27-20-13-12-17-8-6-7-9-18(17)14-20/h6-9,12-14,16,19H,3-5,10-11,15H2,1-2H3/t16-/m0/s1. The first kappa shape index (κ1) is 19.7. The Kier molecular flexibility index (Phi) is 6.78. The Hall–Kier alpha value is -2.01. The van der Waals surface area contributed by atoms with Crippen molar-refractivity contribution in [3.8, 4) is 0 Å². The lowest BCUT2D eigenvalue weighted by atomic mass is 9.94. The molecule has 1 saturated carbocycles. The van der Waals surface area contributed by atoms with Crippen molar-refractivity contribution >= 4 is 34.4 Å². The number of hydrogen-bond acceptors (Lipinski definition) is 4. The van der Waals surface area contributed by atoms with Crippen molar-refractivity contribution in [2.45, 2.75) is 56.1 Å². The van der Waals surface area contributed by atoms with Crippen LogP contribution in [0.15, 0.2) is 47.4 Å². The van der Waals surface area contributed by atoms with Crippen LogP contribution >= 0.6 is 11.8 Å².